The van der Waals surface area contributed by atoms with Crippen LogP contribution >= 0.6 is 0 Å². The van der Waals surface area contributed by atoms with E-state index in [9.17, 15) is 18.0 Å². The molecule has 2 aromatic rings. The van der Waals surface area contributed by atoms with E-state index in [1.165, 1.54) is 17.0 Å². The average molecular weight is 337 g/mol. The van der Waals surface area contributed by atoms with Crippen molar-refractivity contribution >= 4 is 5.91 Å². The number of alkyl halides is 3. The molecular formula is C18H18F3NO2. The number of carbonyl (C=O) groups excluding carboxylic acids is 1. The van der Waals surface area contributed by atoms with E-state index >= 15 is 0 Å². The molecule has 0 heterocycles. The summed E-state index contributed by atoms with van der Waals surface area (Å²) in [6, 6.07) is 12.1. The number of hydrogen-bond acceptors (Lipinski definition) is 2. The molecule has 0 unspecified atom stereocenters. The minimum absolute atomic E-state index is 0.124. The van der Waals surface area contributed by atoms with Crippen molar-refractivity contribution < 1.29 is 22.7 Å². The van der Waals surface area contributed by atoms with Gasteiger partial charge in [-0.2, -0.15) is 13.2 Å². The standard InChI is InChI=1S/C18H18F3NO2/c1-13-4-3-5-16(10-13)24-12-17(23)22(2)11-14-6-8-15(9-7-14)18(19,20)21/h3-10H,11-12H2,1-2H3. The number of hydrogen-bond donors (Lipinski definition) is 0. The summed E-state index contributed by atoms with van der Waals surface area (Å²) < 4.78 is 43.0. The quantitative estimate of drug-likeness (QED) is 0.824. The van der Waals surface area contributed by atoms with Crippen LogP contribution in [-0.2, 0) is 17.5 Å². The molecule has 24 heavy (non-hydrogen) atoms. The second-order valence-corrected chi connectivity index (χ2v) is 5.55. The van der Waals surface area contributed by atoms with Crippen LogP contribution in [0, 0.1) is 6.92 Å². The molecule has 0 saturated carbocycles. The average Bonchev–Trinajstić information content (AvgIpc) is 2.52. The Morgan fingerprint density at radius 2 is 1.79 bits per heavy atom. The third kappa shape index (κ3) is 5.01. The summed E-state index contributed by atoms with van der Waals surface area (Å²) in [5.41, 5.74) is 0.940. The number of amides is 1. The third-order valence-corrected chi connectivity index (χ3v) is 3.48. The molecule has 128 valence electrons. The van der Waals surface area contributed by atoms with Gasteiger partial charge in [0.25, 0.3) is 5.91 Å². The Morgan fingerprint density at radius 1 is 1.12 bits per heavy atom. The molecule has 2 aromatic carbocycles. The smallest absolute Gasteiger partial charge is 0.416 e. The van der Waals surface area contributed by atoms with Gasteiger partial charge in [0, 0.05) is 13.6 Å². The normalized spacial score (nSPS) is 11.2. The van der Waals surface area contributed by atoms with E-state index in [0.717, 1.165) is 17.7 Å². The third-order valence-electron chi connectivity index (χ3n) is 3.48. The molecule has 0 spiro atoms. The lowest BCUT2D eigenvalue weighted by molar-refractivity contribution is -0.137. The zero-order valence-corrected chi connectivity index (χ0v) is 13.4. The molecule has 2 rings (SSSR count). The van der Waals surface area contributed by atoms with Crippen LogP contribution in [0.4, 0.5) is 13.2 Å². The highest BCUT2D eigenvalue weighted by Gasteiger charge is 2.29. The molecule has 0 aliphatic heterocycles. The van der Waals surface area contributed by atoms with Crippen molar-refractivity contribution in [2.24, 2.45) is 0 Å². The predicted octanol–water partition coefficient (Wildman–Crippen LogP) is 4.05. The number of rotatable bonds is 5. The van der Waals surface area contributed by atoms with Crippen molar-refractivity contribution in [1.29, 1.82) is 0 Å². The van der Waals surface area contributed by atoms with E-state index in [1.54, 1.807) is 13.1 Å². The number of aryl methyl sites for hydroxylation is 1. The largest absolute Gasteiger partial charge is 0.484 e. The molecular weight excluding hydrogens is 319 g/mol. The van der Waals surface area contributed by atoms with Gasteiger partial charge in [-0.25, -0.2) is 0 Å². The van der Waals surface area contributed by atoms with E-state index in [2.05, 4.69) is 0 Å². The van der Waals surface area contributed by atoms with Crippen molar-refractivity contribution in [3.8, 4) is 5.75 Å². The zero-order chi connectivity index (χ0) is 17.7. The minimum Gasteiger partial charge on any atom is -0.484 e. The van der Waals surface area contributed by atoms with E-state index in [0.29, 0.717) is 11.3 Å². The number of likely N-dealkylation sites (N-methyl/N-ethyl adjacent to an activating group) is 1. The van der Waals surface area contributed by atoms with Gasteiger partial charge in [0.1, 0.15) is 5.75 Å². The lowest BCUT2D eigenvalue weighted by Crippen LogP contribution is -2.31. The minimum atomic E-state index is -4.36. The summed E-state index contributed by atoms with van der Waals surface area (Å²) in [4.78, 5) is 13.5. The van der Waals surface area contributed by atoms with Gasteiger partial charge in [0.15, 0.2) is 6.61 Å². The molecule has 0 N–H and O–H groups in total. The second-order valence-electron chi connectivity index (χ2n) is 5.55. The van der Waals surface area contributed by atoms with Crippen LogP contribution in [0.1, 0.15) is 16.7 Å². The van der Waals surface area contributed by atoms with Crippen molar-refractivity contribution in [3.63, 3.8) is 0 Å². The molecule has 6 heteroatoms. The second kappa shape index (κ2) is 7.38. The van der Waals surface area contributed by atoms with Crippen LogP contribution in [0.25, 0.3) is 0 Å². The Morgan fingerprint density at radius 3 is 2.38 bits per heavy atom. The highest BCUT2D eigenvalue weighted by Crippen LogP contribution is 2.29. The van der Waals surface area contributed by atoms with Gasteiger partial charge in [-0.15, -0.1) is 0 Å². The number of carbonyl (C=O) groups is 1. The first kappa shape index (κ1) is 17.8. The van der Waals surface area contributed by atoms with E-state index in [-0.39, 0.29) is 19.1 Å². The Hall–Kier alpha value is -2.50. The van der Waals surface area contributed by atoms with Gasteiger partial charge in [-0.05, 0) is 42.3 Å². The topological polar surface area (TPSA) is 29.5 Å². The fourth-order valence-electron chi connectivity index (χ4n) is 2.12. The molecule has 0 aliphatic rings. The van der Waals surface area contributed by atoms with E-state index in [4.69, 9.17) is 4.74 Å². The van der Waals surface area contributed by atoms with Crippen LogP contribution in [0.15, 0.2) is 48.5 Å². The van der Waals surface area contributed by atoms with Gasteiger partial charge in [-0.3, -0.25) is 4.79 Å². The first-order chi connectivity index (χ1) is 11.3. The number of nitrogens with zero attached hydrogens (tertiary/aromatic N) is 1. The Balaban J connectivity index is 1.89. The molecule has 0 aliphatic carbocycles. The van der Waals surface area contributed by atoms with Crippen LogP contribution in [0.3, 0.4) is 0 Å². The van der Waals surface area contributed by atoms with Crippen LogP contribution in [-0.4, -0.2) is 24.5 Å². The van der Waals surface area contributed by atoms with Crippen molar-refractivity contribution in [1.82, 2.24) is 4.90 Å². The summed E-state index contributed by atoms with van der Waals surface area (Å²) in [6.07, 6.45) is -4.36. The SMILES string of the molecule is Cc1cccc(OCC(=O)N(C)Cc2ccc(C(F)(F)F)cc2)c1. The van der Waals surface area contributed by atoms with Crippen LogP contribution in [0.2, 0.25) is 0 Å². The van der Waals surface area contributed by atoms with Crippen molar-refractivity contribution in [2.45, 2.75) is 19.6 Å². The first-order valence-corrected chi connectivity index (χ1v) is 7.35. The summed E-state index contributed by atoms with van der Waals surface area (Å²) in [7, 11) is 1.58. The molecule has 1 amide bonds. The molecule has 0 aromatic heterocycles. The van der Waals surface area contributed by atoms with E-state index < -0.39 is 11.7 Å². The molecule has 0 atom stereocenters. The zero-order valence-electron chi connectivity index (χ0n) is 13.4. The van der Waals surface area contributed by atoms with Gasteiger partial charge in [-0.1, -0.05) is 24.3 Å². The predicted molar refractivity (Wildman–Crippen MR) is 84.6 cm³/mol. The first-order valence-electron chi connectivity index (χ1n) is 7.35. The van der Waals surface area contributed by atoms with E-state index in [1.807, 2.05) is 25.1 Å². The molecule has 3 nitrogen and oxygen atoms in total. The molecule has 0 saturated heterocycles. The van der Waals surface area contributed by atoms with Crippen LogP contribution < -0.4 is 4.74 Å². The maximum absolute atomic E-state index is 12.5. The number of ether oxygens (including phenoxy) is 1. The van der Waals surface area contributed by atoms with Gasteiger partial charge in [0.2, 0.25) is 0 Å². The fourth-order valence-corrected chi connectivity index (χ4v) is 2.12. The highest BCUT2D eigenvalue weighted by molar-refractivity contribution is 5.77. The van der Waals surface area contributed by atoms with Gasteiger partial charge in [0.05, 0.1) is 5.56 Å². The summed E-state index contributed by atoms with van der Waals surface area (Å²) in [5.74, 6) is 0.350. The monoisotopic (exact) mass is 337 g/mol. The van der Waals surface area contributed by atoms with Gasteiger partial charge >= 0.3 is 6.18 Å². The highest BCUT2D eigenvalue weighted by atomic mass is 19.4. The Kier molecular flexibility index (Phi) is 5.49. The Bertz CT molecular complexity index is 696. The number of halogens is 3. The van der Waals surface area contributed by atoms with Crippen molar-refractivity contribution in [2.75, 3.05) is 13.7 Å². The van der Waals surface area contributed by atoms with Gasteiger partial charge < -0.3 is 9.64 Å². The molecule has 0 radical (unpaired) electrons. The van der Waals surface area contributed by atoms with Crippen LogP contribution in [0.5, 0.6) is 5.75 Å². The fraction of sp³-hybridized carbons (Fsp3) is 0.278. The number of benzene rings is 2. The summed E-state index contributed by atoms with van der Waals surface area (Å²) in [5, 5.41) is 0. The summed E-state index contributed by atoms with van der Waals surface area (Å²) in [6.45, 7) is 2.01. The lowest BCUT2D eigenvalue weighted by Gasteiger charge is -2.18. The summed E-state index contributed by atoms with van der Waals surface area (Å²) >= 11 is 0. The lowest BCUT2D eigenvalue weighted by atomic mass is 10.1. The van der Waals surface area contributed by atoms with Crippen molar-refractivity contribution in [3.05, 3.63) is 65.2 Å². The molecule has 0 bridgehead atoms. The maximum Gasteiger partial charge on any atom is 0.416 e. The maximum atomic E-state index is 12.5. The molecule has 0 fully saturated rings. The Labute approximate surface area is 138 Å².